The first kappa shape index (κ1) is 19.8. The number of amides is 2. The number of likely N-dealkylation sites (tertiary alicyclic amines) is 1. The number of hydrogen-bond donors (Lipinski definition) is 3. The average molecular weight is 389 g/mol. The molecule has 0 aromatic carbocycles. The Labute approximate surface area is 151 Å². The Morgan fingerprint density at radius 3 is 2.84 bits per heavy atom. The van der Waals surface area contributed by atoms with Crippen LogP contribution in [0.1, 0.15) is 35.4 Å². The van der Waals surface area contributed by atoms with Crippen molar-refractivity contribution in [2.45, 2.75) is 36.6 Å². The maximum absolute atomic E-state index is 12.8. The molecule has 1 aromatic heterocycles. The fraction of sp³-hybridized carbons (Fsp3) is 0.600. The number of nitrogens with zero attached hydrogens (tertiary/aromatic N) is 1. The molecule has 1 aromatic rings. The van der Waals surface area contributed by atoms with E-state index in [1.165, 1.54) is 18.5 Å². The van der Waals surface area contributed by atoms with Crippen LogP contribution >= 0.6 is 11.3 Å². The number of rotatable bonds is 7. The summed E-state index contributed by atoms with van der Waals surface area (Å²) in [6.07, 6.45) is 2.95. The molecule has 25 heavy (non-hydrogen) atoms. The van der Waals surface area contributed by atoms with Crippen molar-refractivity contribution in [3.8, 4) is 0 Å². The number of sulfonamides is 1. The maximum Gasteiger partial charge on any atom is 0.264 e. The number of carbonyl (C=O) groups excluding carboxylic acids is 2. The summed E-state index contributed by atoms with van der Waals surface area (Å²) in [6.45, 7) is 1.27. The van der Waals surface area contributed by atoms with E-state index in [4.69, 9.17) is 5.73 Å². The van der Waals surface area contributed by atoms with Gasteiger partial charge in [0, 0.05) is 37.5 Å². The van der Waals surface area contributed by atoms with E-state index in [0.717, 1.165) is 30.6 Å². The number of nitrogens with two attached hydrogens (primary N) is 1. The van der Waals surface area contributed by atoms with Crippen LogP contribution in [0.15, 0.2) is 16.3 Å². The van der Waals surface area contributed by atoms with Gasteiger partial charge in [-0.1, -0.05) is 0 Å². The highest BCUT2D eigenvalue weighted by Crippen LogP contribution is 2.24. The summed E-state index contributed by atoms with van der Waals surface area (Å²) in [4.78, 5) is 26.6. The molecule has 0 saturated carbocycles. The Morgan fingerprint density at radius 1 is 1.40 bits per heavy atom. The Kier molecular flexibility index (Phi) is 6.94. The van der Waals surface area contributed by atoms with Crippen molar-refractivity contribution < 1.29 is 18.0 Å². The fourth-order valence-electron chi connectivity index (χ4n) is 2.76. The molecule has 0 spiro atoms. The van der Waals surface area contributed by atoms with Gasteiger partial charge >= 0.3 is 0 Å². The van der Waals surface area contributed by atoms with E-state index in [2.05, 4.69) is 10.0 Å². The highest BCUT2D eigenvalue weighted by Gasteiger charge is 2.29. The summed E-state index contributed by atoms with van der Waals surface area (Å²) in [5, 5.41) is 4.27. The van der Waals surface area contributed by atoms with Gasteiger partial charge in [-0.3, -0.25) is 9.59 Å². The van der Waals surface area contributed by atoms with E-state index >= 15 is 0 Å². The Bertz CT molecular complexity index is 717. The van der Waals surface area contributed by atoms with E-state index in [-0.39, 0.29) is 35.7 Å². The number of hydrogen-bond acceptors (Lipinski definition) is 6. The van der Waals surface area contributed by atoms with Gasteiger partial charge in [0.05, 0.1) is 9.77 Å². The zero-order valence-electron chi connectivity index (χ0n) is 14.2. The fourth-order valence-corrected chi connectivity index (χ4v) is 4.72. The van der Waals surface area contributed by atoms with Crippen molar-refractivity contribution in [2.75, 3.05) is 26.7 Å². The van der Waals surface area contributed by atoms with Gasteiger partial charge in [-0.15, -0.1) is 11.3 Å². The molecule has 0 aliphatic carbocycles. The van der Waals surface area contributed by atoms with Crippen molar-refractivity contribution in [1.29, 1.82) is 0 Å². The highest BCUT2D eigenvalue weighted by molar-refractivity contribution is 7.89. The number of piperidine rings is 1. The van der Waals surface area contributed by atoms with Crippen LogP contribution in [0.2, 0.25) is 0 Å². The lowest BCUT2D eigenvalue weighted by Gasteiger charge is -2.35. The molecule has 0 bridgehead atoms. The van der Waals surface area contributed by atoms with E-state index in [1.807, 2.05) is 0 Å². The minimum Gasteiger partial charge on any atom is -0.354 e. The van der Waals surface area contributed by atoms with Crippen LogP contribution in [0.5, 0.6) is 0 Å². The average Bonchev–Trinajstić information content (AvgIpc) is 3.11. The molecule has 2 rings (SSSR count). The van der Waals surface area contributed by atoms with Crippen LogP contribution in [0, 0.1) is 0 Å². The zero-order chi connectivity index (χ0) is 18.4. The van der Waals surface area contributed by atoms with Gasteiger partial charge < -0.3 is 16.0 Å². The summed E-state index contributed by atoms with van der Waals surface area (Å²) in [5.41, 5.74) is 5.36. The molecular weight excluding hydrogens is 364 g/mol. The summed E-state index contributed by atoms with van der Waals surface area (Å²) in [7, 11) is -2.23. The lowest BCUT2D eigenvalue weighted by molar-refractivity contribution is -0.121. The van der Waals surface area contributed by atoms with Crippen molar-refractivity contribution in [2.24, 2.45) is 5.73 Å². The largest absolute Gasteiger partial charge is 0.354 e. The van der Waals surface area contributed by atoms with Gasteiger partial charge in [0.25, 0.3) is 5.91 Å². The van der Waals surface area contributed by atoms with Crippen LogP contribution < -0.4 is 15.8 Å². The predicted octanol–water partition coefficient (Wildman–Crippen LogP) is 0.116. The Balaban J connectivity index is 2.08. The second-order valence-corrected chi connectivity index (χ2v) is 8.64. The van der Waals surface area contributed by atoms with Gasteiger partial charge in [0.15, 0.2) is 0 Å². The summed E-state index contributed by atoms with van der Waals surface area (Å²) < 4.78 is 25.9. The molecule has 1 aliphatic heterocycles. The van der Waals surface area contributed by atoms with Gasteiger partial charge in [0.1, 0.15) is 0 Å². The second kappa shape index (κ2) is 8.75. The maximum atomic E-state index is 12.8. The smallest absolute Gasteiger partial charge is 0.264 e. The first-order valence-corrected chi connectivity index (χ1v) is 10.5. The molecule has 1 aliphatic rings. The van der Waals surface area contributed by atoms with Crippen LogP contribution in [-0.4, -0.2) is 57.9 Å². The van der Waals surface area contributed by atoms with Crippen LogP contribution in [0.4, 0.5) is 0 Å². The topological polar surface area (TPSA) is 122 Å². The minimum absolute atomic E-state index is 0.0885. The predicted molar refractivity (Wildman–Crippen MR) is 95.9 cm³/mol. The third kappa shape index (κ3) is 5.00. The molecule has 2 amide bonds. The van der Waals surface area contributed by atoms with Gasteiger partial charge in [-0.2, -0.15) is 0 Å². The molecule has 8 nitrogen and oxygen atoms in total. The van der Waals surface area contributed by atoms with Gasteiger partial charge in [0.2, 0.25) is 15.9 Å². The summed E-state index contributed by atoms with van der Waals surface area (Å²) >= 11 is 1.11. The Hall–Kier alpha value is -1.49. The molecule has 1 atom stereocenters. The molecule has 1 saturated heterocycles. The van der Waals surface area contributed by atoms with Crippen LogP contribution in [0.25, 0.3) is 0 Å². The molecule has 1 fully saturated rings. The SMILES string of the molecule is CNS(=O)(=O)c1csc(C(=O)N2CCCCC2CNC(=O)CCN)c1. The molecule has 140 valence electrons. The normalized spacial score (nSPS) is 18.2. The lowest BCUT2D eigenvalue weighted by Crippen LogP contribution is -2.49. The van der Waals surface area contributed by atoms with E-state index in [0.29, 0.717) is 18.0 Å². The summed E-state index contributed by atoms with van der Waals surface area (Å²) in [6, 6.07) is 1.31. The minimum atomic E-state index is -3.56. The quantitative estimate of drug-likeness (QED) is 0.612. The number of carbonyl (C=O) groups is 2. The number of nitrogens with one attached hydrogen (secondary N) is 2. The molecular formula is C15H24N4O4S2. The third-order valence-electron chi connectivity index (χ3n) is 4.16. The molecule has 0 radical (unpaired) electrons. The first-order chi connectivity index (χ1) is 11.9. The van der Waals surface area contributed by atoms with Crippen LogP contribution in [-0.2, 0) is 14.8 Å². The highest BCUT2D eigenvalue weighted by atomic mass is 32.2. The van der Waals surface area contributed by atoms with Crippen molar-refractivity contribution in [3.05, 3.63) is 16.3 Å². The van der Waals surface area contributed by atoms with E-state index in [9.17, 15) is 18.0 Å². The van der Waals surface area contributed by atoms with Gasteiger partial charge in [-0.25, -0.2) is 13.1 Å². The van der Waals surface area contributed by atoms with Crippen molar-refractivity contribution >= 4 is 33.2 Å². The lowest BCUT2D eigenvalue weighted by atomic mass is 10.0. The summed E-state index contributed by atoms with van der Waals surface area (Å²) in [5.74, 6) is -0.320. The molecule has 2 heterocycles. The zero-order valence-corrected chi connectivity index (χ0v) is 15.8. The van der Waals surface area contributed by atoms with Crippen molar-refractivity contribution in [3.63, 3.8) is 0 Å². The van der Waals surface area contributed by atoms with Gasteiger partial charge in [-0.05, 0) is 32.4 Å². The van der Waals surface area contributed by atoms with Crippen molar-refractivity contribution in [1.82, 2.24) is 14.9 Å². The van der Waals surface area contributed by atoms with E-state index < -0.39 is 10.0 Å². The van der Waals surface area contributed by atoms with Crippen LogP contribution in [0.3, 0.4) is 0 Å². The molecule has 4 N–H and O–H groups in total. The standard InChI is InChI=1S/C15H24N4O4S2/c1-17-25(22,23)12-8-13(24-10-12)15(21)19-7-3-2-4-11(19)9-18-14(20)5-6-16/h8,10-11,17H,2-7,9,16H2,1H3,(H,18,20). The first-order valence-electron chi connectivity index (χ1n) is 8.19. The molecule has 1 unspecified atom stereocenters. The van der Waals surface area contributed by atoms with E-state index in [1.54, 1.807) is 4.90 Å². The second-order valence-electron chi connectivity index (χ2n) is 5.85. The number of thiophene rings is 1. The monoisotopic (exact) mass is 388 g/mol. The molecule has 10 heteroatoms. The third-order valence-corrected chi connectivity index (χ3v) is 6.62. The Morgan fingerprint density at radius 2 is 2.16 bits per heavy atom.